The van der Waals surface area contributed by atoms with Crippen molar-refractivity contribution in [1.82, 2.24) is 18.9 Å². The van der Waals surface area contributed by atoms with Gasteiger partial charge >= 0.3 is 5.69 Å². The van der Waals surface area contributed by atoms with Crippen molar-refractivity contribution in [3.8, 4) is 0 Å². The first-order chi connectivity index (χ1) is 13.4. The molecule has 9 nitrogen and oxygen atoms in total. The van der Waals surface area contributed by atoms with Crippen LogP contribution in [0.25, 0.3) is 0 Å². The molecule has 0 aliphatic heterocycles. The molecule has 0 radical (unpaired) electrons. The highest BCUT2D eigenvalue weighted by Crippen LogP contribution is 2.12. The maximum Gasteiger partial charge on any atom is 0.332 e. The molecule has 146 valence electrons. The highest BCUT2D eigenvalue weighted by atomic mass is 16.2. The van der Waals surface area contributed by atoms with Crippen molar-refractivity contribution in [3.63, 3.8) is 0 Å². The van der Waals surface area contributed by atoms with Gasteiger partial charge in [0, 0.05) is 19.8 Å². The lowest BCUT2D eigenvalue weighted by Gasteiger charge is -2.13. The van der Waals surface area contributed by atoms with E-state index < -0.39 is 17.2 Å². The number of hydrogen-bond donors (Lipinski definition) is 2. The molecule has 3 aromatic rings. The van der Waals surface area contributed by atoms with E-state index in [0.717, 1.165) is 14.7 Å². The van der Waals surface area contributed by atoms with Crippen molar-refractivity contribution in [1.29, 1.82) is 0 Å². The Morgan fingerprint density at radius 3 is 2.61 bits per heavy atom. The van der Waals surface area contributed by atoms with Gasteiger partial charge in [0.15, 0.2) is 0 Å². The molecule has 3 rings (SSSR count). The first-order valence-electron chi connectivity index (χ1n) is 8.89. The zero-order valence-electron chi connectivity index (χ0n) is 15.8. The summed E-state index contributed by atoms with van der Waals surface area (Å²) >= 11 is 0. The van der Waals surface area contributed by atoms with Crippen LogP contribution in [0.2, 0.25) is 0 Å². The third-order valence-corrected chi connectivity index (χ3v) is 4.36. The SMILES string of the molecule is CCCn1c(=O)c(NC(=O)c2cnn(Cc3ccccc3)c2)c(N)n(C)c1=O. The number of rotatable bonds is 6. The van der Waals surface area contributed by atoms with Gasteiger partial charge in [0.1, 0.15) is 11.5 Å². The average molecular weight is 382 g/mol. The van der Waals surface area contributed by atoms with Crippen LogP contribution in [-0.2, 0) is 20.1 Å². The van der Waals surface area contributed by atoms with E-state index in [1.807, 2.05) is 37.3 Å². The van der Waals surface area contributed by atoms with Crippen molar-refractivity contribution in [2.24, 2.45) is 7.05 Å². The normalized spacial score (nSPS) is 10.8. The Bertz CT molecular complexity index is 1110. The number of anilines is 2. The summed E-state index contributed by atoms with van der Waals surface area (Å²) in [5, 5.41) is 6.71. The van der Waals surface area contributed by atoms with Crippen molar-refractivity contribution in [2.75, 3.05) is 11.1 Å². The van der Waals surface area contributed by atoms with Gasteiger partial charge in [0.05, 0.1) is 18.3 Å². The van der Waals surface area contributed by atoms with Crippen molar-refractivity contribution in [2.45, 2.75) is 26.4 Å². The molecule has 0 unspecified atom stereocenters. The van der Waals surface area contributed by atoms with E-state index in [9.17, 15) is 14.4 Å². The Labute approximate surface area is 161 Å². The second-order valence-corrected chi connectivity index (χ2v) is 6.42. The molecule has 0 aliphatic carbocycles. The van der Waals surface area contributed by atoms with E-state index in [0.29, 0.717) is 13.0 Å². The molecule has 2 aromatic heterocycles. The Hall–Kier alpha value is -3.62. The van der Waals surface area contributed by atoms with Crippen LogP contribution in [0.15, 0.2) is 52.3 Å². The number of amides is 1. The van der Waals surface area contributed by atoms with E-state index in [2.05, 4.69) is 10.4 Å². The molecule has 0 fully saturated rings. The Morgan fingerprint density at radius 1 is 1.21 bits per heavy atom. The van der Waals surface area contributed by atoms with Gasteiger partial charge in [-0.2, -0.15) is 5.10 Å². The largest absolute Gasteiger partial charge is 0.383 e. The molecule has 0 aliphatic rings. The lowest BCUT2D eigenvalue weighted by molar-refractivity contribution is 0.102. The molecule has 3 N–H and O–H groups in total. The molecule has 2 heterocycles. The van der Waals surface area contributed by atoms with Gasteiger partial charge < -0.3 is 11.1 Å². The van der Waals surface area contributed by atoms with Crippen LogP contribution in [0.3, 0.4) is 0 Å². The van der Waals surface area contributed by atoms with Crippen LogP contribution in [0, 0.1) is 0 Å². The third kappa shape index (κ3) is 3.73. The fraction of sp³-hybridized carbons (Fsp3) is 0.263. The number of benzene rings is 1. The Kier molecular flexibility index (Phi) is 5.44. The summed E-state index contributed by atoms with van der Waals surface area (Å²) in [6, 6.07) is 9.70. The minimum atomic E-state index is -0.618. The number of hydrogen-bond acceptors (Lipinski definition) is 5. The van der Waals surface area contributed by atoms with E-state index in [4.69, 9.17) is 5.73 Å². The standard InChI is InChI=1S/C19H22N6O3/c1-3-9-25-18(27)15(16(20)23(2)19(25)28)22-17(26)14-10-21-24(12-14)11-13-7-5-4-6-8-13/h4-8,10,12H,3,9,11,20H2,1-2H3,(H,22,26). The zero-order valence-corrected chi connectivity index (χ0v) is 15.8. The Balaban J connectivity index is 1.86. The van der Waals surface area contributed by atoms with E-state index in [1.165, 1.54) is 13.2 Å². The van der Waals surface area contributed by atoms with Gasteiger partial charge in [-0.15, -0.1) is 0 Å². The molecular formula is C19H22N6O3. The van der Waals surface area contributed by atoms with Crippen molar-refractivity contribution < 1.29 is 4.79 Å². The third-order valence-electron chi connectivity index (χ3n) is 4.36. The summed E-state index contributed by atoms with van der Waals surface area (Å²) in [6.45, 7) is 2.60. The first-order valence-corrected chi connectivity index (χ1v) is 8.89. The molecule has 0 atom stereocenters. The quantitative estimate of drug-likeness (QED) is 0.660. The van der Waals surface area contributed by atoms with Crippen LogP contribution in [0.4, 0.5) is 11.5 Å². The predicted octanol–water partition coefficient (Wildman–Crippen LogP) is 1.04. The van der Waals surface area contributed by atoms with Gasteiger partial charge in [-0.1, -0.05) is 37.3 Å². The van der Waals surface area contributed by atoms with Gasteiger partial charge in [-0.25, -0.2) is 4.79 Å². The first kappa shape index (κ1) is 19.2. The minimum Gasteiger partial charge on any atom is -0.383 e. The molecule has 0 saturated heterocycles. The summed E-state index contributed by atoms with van der Waals surface area (Å²) in [7, 11) is 1.46. The van der Waals surface area contributed by atoms with E-state index >= 15 is 0 Å². The van der Waals surface area contributed by atoms with Crippen LogP contribution in [0.5, 0.6) is 0 Å². The second-order valence-electron chi connectivity index (χ2n) is 6.42. The summed E-state index contributed by atoms with van der Waals surface area (Å²) in [5.41, 5.74) is 5.98. The smallest absolute Gasteiger partial charge is 0.332 e. The number of nitrogen functional groups attached to an aromatic ring is 1. The van der Waals surface area contributed by atoms with E-state index in [1.54, 1.807) is 10.9 Å². The van der Waals surface area contributed by atoms with Crippen LogP contribution in [0.1, 0.15) is 29.3 Å². The molecule has 1 amide bonds. The number of carbonyl (C=O) groups is 1. The molecule has 0 saturated carbocycles. The molecule has 9 heteroatoms. The van der Waals surface area contributed by atoms with Crippen molar-refractivity contribution in [3.05, 3.63) is 74.7 Å². The van der Waals surface area contributed by atoms with Crippen LogP contribution < -0.4 is 22.3 Å². The maximum atomic E-state index is 12.6. The van der Waals surface area contributed by atoms with Gasteiger partial charge in [-0.3, -0.25) is 23.4 Å². The monoisotopic (exact) mass is 382 g/mol. The van der Waals surface area contributed by atoms with Gasteiger partial charge in [-0.05, 0) is 12.0 Å². The molecule has 1 aromatic carbocycles. The van der Waals surface area contributed by atoms with Crippen LogP contribution in [-0.4, -0.2) is 24.8 Å². The summed E-state index contributed by atoms with van der Waals surface area (Å²) in [6.07, 6.45) is 3.60. The highest BCUT2D eigenvalue weighted by molar-refractivity contribution is 6.05. The number of aromatic nitrogens is 4. The highest BCUT2D eigenvalue weighted by Gasteiger charge is 2.18. The summed E-state index contributed by atoms with van der Waals surface area (Å²) < 4.78 is 3.83. The number of nitrogens with two attached hydrogens (primary N) is 1. The molecular weight excluding hydrogens is 360 g/mol. The van der Waals surface area contributed by atoms with E-state index in [-0.39, 0.29) is 23.6 Å². The molecule has 28 heavy (non-hydrogen) atoms. The predicted molar refractivity (Wildman–Crippen MR) is 106 cm³/mol. The molecule has 0 spiro atoms. The van der Waals surface area contributed by atoms with Crippen molar-refractivity contribution >= 4 is 17.4 Å². The number of carbonyl (C=O) groups excluding carboxylic acids is 1. The number of nitrogens with one attached hydrogen (secondary N) is 1. The Morgan fingerprint density at radius 2 is 1.93 bits per heavy atom. The average Bonchev–Trinajstić information content (AvgIpc) is 3.16. The zero-order chi connectivity index (χ0) is 20.3. The lowest BCUT2D eigenvalue weighted by Crippen LogP contribution is -2.41. The van der Waals surface area contributed by atoms with Gasteiger partial charge in [0.25, 0.3) is 11.5 Å². The maximum absolute atomic E-state index is 12.6. The fourth-order valence-corrected chi connectivity index (χ4v) is 2.84. The fourth-order valence-electron chi connectivity index (χ4n) is 2.84. The summed E-state index contributed by atoms with van der Waals surface area (Å²) in [5.74, 6) is -0.614. The van der Waals surface area contributed by atoms with Gasteiger partial charge in [0.2, 0.25) is 0 Å². The minimum absolute atomic E-state index is 0.0904. The topological polar surface area (TPSA) is 117 Å². The lowest BCUT2D eigenvalue weighted by atomic mass is 10.2. The summed E-state index contributed by atoms with van der Waals surface area (Å²) in [4.78, 5) is 37.4. The number of nitrogens with zero attached hydrogens (tertiary/aromatic N) is 4. The second kappa shape index (κ2) is 7.95. The molecule has 0 bridgehead atoms. The van der Waals surface area contributed by atoms with Crippen LogP contribution >= 0.6 is 0 Å².